The number of anilines is 1. The number of hydrogen-bond donors (Lipinski definition) is 4. The summed E-state index contributed by atoms with van der Waals surface area (Å²) in [5, 5.41) is 29.2. The Morgan fingerprint density at radius 3 is 2.28 bits per heavy atom. The molecule has 0 spiro atoms. The molecule has 0 bridgehead atoms. The Morgan fingerprint density at radius 2 is 1.69 bits per heavy atom. The van der Waals surface area contributed by atoms with E-state index in [1.165, 1.54) is 29.7 Å². The van der Waals surface area contributed by atoms with Crippen LogP contribution in [0.1, 0.15) is 107 Å². The van der Waals surface area contributed by atoms with E-state index >= 15 is 0 Å². The predicted octanol–water partition coefficient (Wildman–Crippen LogP) is 5.43. The van der Waals surface area contributed by atoms with E-state index in [1.807, 2.05) is 39.0 Å². The zero-order chi connectivity index (χ0) is 48.3. The maximum Gasteiger partial charge on any atom is 0.253 e. The lowest BCUT2D eigenvalue weighted by Crippen LogP contribution is -2.74. The van der Waals surface area contributed by atoms with Gasteiger partial charge in [0.25, 0.3) is 5.91 Å². The fourth-order valence-corrected chi connectivity index (χ4v) is 10.6. The molecule has 4 aliphatic rings. The van der Waals surface area contributed by atoms with Gasteiger partial charge in [-0.05, 0) is 59.6 Å². The average molecular weight is 940 g/mol. The quantitative estimate of drug-likeness (QED) is 0.134. The van der Waals surface area contributed by atoms with Crippen molar-refractivity contribution < 1.29 is 33.8 Å². The van der Waals surface area contributed by atoms with Gasteiger partial charge < -0.3 is 40.3 Å². The Labute approximate surface area is 399 Å². The van der Waals surface area contributed by atoms with E-state index < -0.39 is 46.2 Å². The van der Waals surface area contributed by atoms with E-state index in [0.717, 1.165) is 37.6 Å². The summed E-state index contributed by atoms with van der Waals surface area (Å²) in [7, 11) is 0. The van der Waals surface area contributed by atoms with Crippen LogP contribution in [0.15, 0.2) is 60.8 Å². The second-order valence-corrected chi connectivity index (χ2v) is 21.3. The number of hydrogen-bond acceptors (Lipinski definition) is 11. The van der Waals surface area contributed by atoms with Gasteiger partial charge in [-0.1, -0.05) is 90.8 Å². The first-order valence-corrected chi connectivity index (χ1v) is 24.0. The van der Waals surface area contributed by atoms with Crippen LogP contribution in [-0.2, 0) is 25.7 Å². The largest absolute Gasteiger partial charge is 0.489 e. The van der Waals surface area contributed by atoms with Gasteiger partial charge in [0.1, 0.15) is 42.4 Å². The molecule has 3 heterocycles. The summed E-state index contributed by atoms with van der Waals surface area (Å²) in [6.07, 6.45) is 4.37. The number of piperazine rings is 1. The van der Waals surface area contributed by atoms with E-state index in [9.17, 15) is 29.5 Å². The zero-order valence-electron chi connectivity index (χ0n) is 39.9. The Morgan fingerprint density at radius 1 is 0.985 bits per heavy atom. The number of nitrogens with zero attached hydrogens (tertiary/aromatic N) is 5. The van der Waals surface area contributed by atoms with Gasteiger partial charge in [0, 0.05) is 81.4 Å². The maximum atomic E-state index is 14.0. The van der Waals surface area contributed by atoms with E-state index in [4.69, 9.17) is 21.1 Å². The summed E-state index contributed by atoms with van der Waals surface area (Å²) in [5.74, 6) is 0.594. The molecule has 2 aliphatic carbocycles. The van der Waals surface area contributed by atoms with Crippen molar-refractivity contribution in [3.63, 3.8) is 0 Å². The van der Waals surface area contributed by atoms with Gasteiger partial charge in [-0.3, -0.25) is 24.1 Å². The first-order chi connectivity index (χ1) is 31.8. The third-order valence-corrected chi connectivity index (χ3v) is 14.5. The van der Waals surface area contributed by atoms with Crippen molar-refractivity contribution in [1.29, 1.82) is 5.26 Å². The van der Waals surface area contributed by atoms with Gasteiger partial charge in [0.05, 0.1) is 28.9 Å². The molecule has 7 rings (SSSR count). The summed E-state index contributed by atoms with van der Waals surface area (Å²) in [4.78, 5) is 64.6. The molecule has 1 aromatic heterocycles. The molecular weight excluding hydrogens is 872 g/mol. The van der Waals surface area contributed by atoms with Crippen LogP contribution < -0.4 is 25.6 Å². The number of halogens is 1. The minimum absolute atomic E-state index is 0.00762. The van der Waals surface area contributed by atoms with Crippen molar-refractivity contribution in [2.45, 2.75) is 117 Å². The Bertz CT molecular complexity index is 2280. The highest BCUT2D eigenvalue weighted by Gasteiger charge is 2.64. The molecule has 4 amide bonds. The van der Waals surface area contributed by atoms with Crippen molar-refractivity contribution in [3.8, 4) is 11.8 Å². The summed E-state index contributed by atoms with van der Waals surface area (Å²) in [6, 6.07) is 17.1. The van der Waals surface area contributed by atoms with Crippen LogP contribution in [0.2, 0.25) is 5.02 Å². The number of carbonyl (C=O) groups is 4. The van der Waals surface area contributed by atoms with Crippen LogP contribution in [0.25, 0.3) is 0 Å². The first-order valence-electron chi connectivity index (χ1n) is 23.6. The lowest BCUT2D eigenvalue weighted by Gasteiger charge is -2.63. The molecule has 4 fully saturated rings. The van der Waals surface area contributed by atoms with Crippen LogP contribution in [-0.4, -0.2) is 126 Å². The number of aliphatic hydroxyl groups excluding tert-OH is 1. The molecule has 0 radical (unpaired) electrons. The second-order valence-electron chi connectivity index (χ2n) is 20.9. The van der Waals surface area contributed by atoms with Crippen molar-refractivity contribution in [2.24, 2.45) is 16.2 Å². The van der Waals surface area contributed by atoms with E-state index in [-0.39, 0.29) is 43.5 Å². The van der Waals surface area contributed by atoms with Gasteiger partial charge >= 0.3 is 0 Å². The molecule has 2 aromatic carbocycles. The Hall–Kier alpha value is -5.27. The number of nitriles is 1. The molecule has 4 N–H and O–H groups in total. The number of amides is 4. The molecular formula is C51H67ClN8O7. The molecule has 16 heteroatoms. The van der Waals surface area contributed by atoms with Crippen LogP contribution in [0.5, 0.6) is 5.75 Å². The number of pyridine rings is 1. The summed E-state index contributed by atoms with van der Waals surface area (Å²) >= 11 is 6.25. The average Bonchev–Trinajstić information content (AvgIpc) is 3.68. The van der Waals surface area contributed by atoms with Gasteiger partial charge in [0.2, 0.25) is 17.7 Å². The number of benzene rings is 2. The molecule has 15 nitrogen and oxygen atoms in total. The molecule has 2 aliphatic heterocycles. The highest BCUT2D eigenvalue weighted by molar-refractivity contribution is 6.31. The Balaban J connectivity index is 0.819. The normalized spacial score (nSPS) is 23.0. The molecule has 2 saturated heterocycles. The molecule has 67 heavy (non-hydrogen) atoms. The summed E-state index contributed by atoms with van der Waals surface area (Å²) in [6.45, 7) is 17.8. The molecule has 1 unspecified atom stereocenters. The number of carbonyl (C=O) groups excluding carboxylic acids is 4. The van der Waals surface area contributed by atoms with E-state index in [1.54, 1.807) is 30.5 Å². The molecule has 3 atom stereocenters. The first kappa shape index (κ1) is 49.6. The monoisotopic (exact) mass is 938 g/mol. The fraction of sp³-hybridized carbons (Fsp3) is 0.569. The number of ether oxygens (including phenoxy) is 2. The smallest absolute Gasteiger partial charge is 0.253 e. The lowest BCUT2D eigenvalue weighted by atomic mass is 9.49. The van der Waals surface area contributed by atoms with E-state index in [0.29, 0.717) is 47.5 Å². The van der Waals surface area contributed by atoms with Crippen LogP contribution in [0.3, 0.4) is 0 Å². The van der Waals surface area contributed by atoms with Crippen molar-refractivity contribution in [2.75, 3.05) is 57.4 Å². The highest BCUT2D eigenvalue weighted by Crippen LogP contribution is 2.55. The zero-order valence-corrected chi connectivity index (χ0v) is 40.7. The topological polar surface area (TPSA) is 189 Å². The van der Waals surface area contributed by atoms with Gasteiger partial charge in [-0.25, -0.2) is 4.98 Å². The van der Waals surface area contributed by atoms with Crippen molar-refractivity contribution >= 4 is 41.0 Å². The van der Waals surface area contributed by atoms with Gasteiger partial charge in [0.15, 0.2) is 0 Å². The fourth-order valence-electron chi connectivity index (χ4n) is 10.4. The SMILES string of the molecule is CC(C)(C)C(NC(=O)COCCN1CCN(c2ccc(C(=O)N[C@H]3C(C)(C)[C@H](Oc4ccc(C#N)c(Cl)c4)C3(C)C)cn2)CC1)C(=O)N1C[C@H](O)C[C@H]1C(=O)NCc1ccc(C2CCC2)cc1. The summed E-state index contributed by atoms with van der Waals surface area (Å²) in [5.41, 5.74) is 1.67. The standard InChI is InChI=1S/C51H67ClN8O7/c1-49(2,3)43(46(65)60-30-37(61)25-40(60)45(64)55-28-32-11-13-34(14-12-32)33-9-8-10-33)56-42(62)31-66-24-23-58-19-21-59(22-20-58)41-18-16-36(29-54-41)44(63)57-47-50(4,5)48(51(47,6)7)67-38-17-15-35(27-53)39(52)26-38/h11-18,26,29,33,37,40,43,47-48,61H,8-10,19-25,28,30-31H2,1-7H3,(H,55,64)(H,56,62)(H,57,63)/t37-,40+,43?,47-,48-/m1/s1. The second kappa shape index (κ2) is 20.5. The van der Waals surface area contributed by atoms with Crippen LogP contribution >= 0.6 is 11.6 Å². The van der Waals surface area contributed by atoms with Crippen molar-refractivity contribution in [1.82, 2.24) is 30.7 Å². The number of β-amino-alcohol motifs (C(OH)–C–C–N with tert-alkyl or cyclic N) is 1. The number of likely N-dealkylation sites (tertiary alicyclic amines) is 1. The lowest BCUT2D eigenvalue weighted by molar-refractivity contribution is -0.164. The van der Waals surface area contributed by atoms with E-state index in [2.05, 4.69) is 76.6 Å². The molecule has 2 saturated carbocycles. The Kier molecular flexibility index (Phi) is 15.2. The van der Waals surface area contributed by atoms with Crippen LogP contribution in [0.4, 0.5) is 5.82 Å². The summed E-state index contributed by atoms with van der Waals surface area (Å²) < 4.78 is 12.2. The van der Waals surface area contributed by atoms with Crippen LogP contribution in [0, 0.1) is 27.6 Å². The third-order valence-electron chi connectivity index (χ3n) is 14.2. The number of nitrogens with one attached hydrogen (secondary N) is 3. The third kappa shape index (κ3) is 11.4. The molecule has 3 aromatic rings. The maximum absolute atomic E-state index is 14.0. The predicted molar refractivity (Wildman–Crippen MR) is 255 cm³/mol. The minimum atomic E-state index is -0.939. The number of aromatic nitrogens is 1. The van der Waals surface area contributed by atoms with Crippen molar-refractivity contribution in [3.05, 3.63) is 88.1 Å². The van der Waals surface area contributed by atoms with Gasteiger partial charge in [-0.2, -0.15) is 5.26 Å². The minimum Gasteiger partial charge on any atom is -0.489 e. The number of aliphatic hydroxyl groups is 1. The van der Waals surface area contributed by atoms with Gasteiger partial charge in [-0.15, -0.1) is 0 Å². The highest BCUT2D eigenvalue weighted by atomic mass is 35.5. The number of rotatable bonds is 16. The molecule has 360 valence electrons.